The van der Waals surface area contributed by atoms with Gasteiger partial charge in [-0.3, -0.25) is 0 Å². The van der Waals surface area contributed by atoms with E-state index in [1.165, 1.54) is 12.1 Å². The maximum atomic E-state index is 13.0. The molecule has 1 aliphatic heterocycles. The van der Waals surface area contributed by atoms with Crippen molar-refractivity contribution in [2.45, 2.75) is 18.4 Å². The molecule has 0 atom stereocenters. The zero-order chi connectivity index (χ0) is 17.5. The summed E-state index contributed by atoms with van der Waals surface area (Å²) in [4.78, 5) is 0. The normalized spacial score (nSPS) is 15.3. The zero-order valence-electron chi connectivity index (χ0n) is 12.9. The second-order valence-corrected chi connectivity index (χ2v) is 5.73. The van der Waals surface area contributed by atoms with Crippen LogP contribution in [0.15, 0.2) is 71.0 Å². The Morgan fingerprint density at radius 1 is 0.920 bits per heavy atom. The van der Waals surface area contributed by atoms with Crippen LogP contribution in [-0.2, 0) is 12.2 Å². The Kier molecular flexibility index (Phi) is 3.41. The highest BCUT2D eigenvalue weighted by molar-refractivity contribution is 5.57. The first kappa shape index (κ1) is 15.5. The standard InChI is InChI=1S/C17H12F3N5/c18-17(19,20)16(22-23-16)14-8-6-12(7-9-14)10-25-11-15(21-24-25)13-4-2-1-3-5-13/h1-9,11H,10H2. The lowest BCUT2D eigenvalue weighted by molar-refractivity contribution is -0.166. The summed E-state index contributed by atoms with van der Waals surface area (Å²) in [6.45, 7) is 0.410. The Bertz CT molecular complexity index is 907. The molecular formula is C17H12F3N5. The predicted molar refractivity (Wildman–Crippen MR) is 83.6 cm³/mol. The molecule has 0 fully saturated rings. The number of benzene rings is 2. The van der Waals surface area contributed by atoms with Gasteiger partial charge >= 0.3 is 11.8 Å². The van der Waals surface area contributed by atoms with Gasteiger partial charge in [-0.25, -0.2) is 4.68 Å². The van der Waals surface area contributed by atoms with Gasteiger partial charge in [-0.05, 0) is 5.56 Å². The molecule has 0 radical (unpaired) electrons. The molecule has 2 heterocycles. The van der Waals surface area contributed by atoms with Crippen LogP contribution in [0.5, 0.6) is 0 Å². The number of halogens is 3. The van der Waals surface area contributed by atoms with Crippen LogP contribution in [0.4, 0.5) is 13.2 Å². The maximum absolute atomic E-state index is 13.0. The molecule has 0 N–H and O–H groups in total. The molecular weight excluding hydrogens is 331 g/mol. The summed E-state index contributed by atoms with van der Waals surface area (Å²) in [5.41, 5.74) is 0.148. The van der Waals surface area contributed by atoms with Crippen molar-refractivity contribution in [2.24, 2.45) is 10.2 Å². The van der Waals surface area contributed by atoms with Crippen molar-refractivity contribution < 1.29 is 13.2 Å². The van der Waals surface area contributed by atoms with Crippen LogP contribution in [0.2, 0.25) is 0 Å². The van der Waals surface area contributed by atoms with E-state index in [0.29, 0.717) is 6.54 Å². The number of hydrogen-bond acceptors (Lipinski definition) is 4. The number of aromatic nitrogens is 3. The SMILES string of the molecule is FC(F)(F)C1(c2ccc(Cn3cc(-c4ccccc4)nn3)cc2)N=N1. The third kappa shape index (κ3) is 2.79. The minimum atomic E-state index is -4.51. The van der Waals surface area contributed by atoms with Crippen LogP contribution < -0.4 is 0 Å². The van der Waals surface area contributed by atoms with Crippen molar-refractivity contribution in [1.82, 2.24) is 15.0 Å². The van der Waals surface area contributed by atoms with Crippen molar-refractivity contribution >= 4 is 0 Å². The molecule has 2 aromatic carbocycles. The summed E-state index contributed by atoms with van der Waals surface area (Å²) in [5, 5.41) is 14.6. The smallest absolute Gasteiger partial charge is 0.247 e. The van der Waals surface area contributed by atoms with Gasteiger partial charge in [-0.15, -0.1) is 15.3 Å². The van der Waals surface area contributed by atoms with Crippen molar-refractivity contribution in [3.63, 3.8) is 0 Å². The monoisotopic (exact) mass is 343 g/mol. The maximum Gasteiger partial charge on any atom is 0.442 e. The molecule has 126 valence electrons. The van der Waals surface area contributed by atoms with Crippen LogP contribution in [0, 0.1) is 0 Å². The molecule has 4 rings (SSSR count). The highest BCUT2D eigenvalue weighted by Gasteiger charge is 2.65. The highest BCUT2D eigenvalue weighted by Crippen LogP contribution is 2.52. The minimum Gasteiger partial charge on any atom is -0.247 e. The fraction of sp³-hybridized carbons (Fsp3) is 0.176. The second kappa shape index (κ2) is 5.51. The van der Waals surface area contributed by atoms with Gasteiger partial charge in [0.2, 0.25) is 0 Å². The molecule has 0 saturated heterocycles. The summed E-state index contributed by atoms with van der Waals surface area (Å²) in [5.74, 6) is 0. The van der Waals surface area contributed by atoms with Gasteiger partial charge in [-0.2, -0.15) is 13.2 Å². The first-order chi connectivity index (χ1) is 12.0. The quantitative estimate of drug-likeness (QED) is 0.714. The van der Waals surface area contributed by atoms with Gasteiger partial charge in [0.05, 0.1) is 12.7 Å². The molecule has 5 nitrogen and oxygen atoms in total. The molecule has 0 saturated carbocycles. The van der Waals surface area contributed by atoms with Gasteiger partial charge < -0.3 is 0 Å². The second-order valence-electron chi connectivity index (χ2n) is 5.73. The lowest BCUT2D eigenvalue weighted by Gasteiger charge is -2.14. The Morgan fingerprint density at radius 2 is 1.60 bits per heavy atom. The highest BCUT2D eigenvalue weighted by atomic mass is 19.4. The summed E-state index contributed by atoms with van der Waals surface area (Å²) in [6.07, 6.45) is -2.71. The number of hydrogen-bond donors (Lipinski definition) is 0. The van der Waals surface area contributed by atoms with Gasteiger partial charge in [0.1, 0.15) is 5.69 Å². The molecule has 3 aromatic rings. The third-order valence-electron chi connectivity index (χ3n) is 4.00. The third-order valence-corrected chi connectivity index (χ3v) is 4.00. The molecule has 0 bridgehead atoms. The van der Waals surface area contributed by atoms with E-state index in [9.17, 15) is 13.2 Å². The fourth-order valence-electron chi connectivity index (χ4n) is 2.59. The molecule has 1 aromatic heterocycles. The Balaban J connectivity index is 1.50. The van der Waals surface area contributed by atoms with E-state index in [4.69, 9.17) is 0 Å². The first-order valence-electron chi connectivity index (χ1n) is 7.54. The van der Waals surface area contributed by atoms with E-state index in [1.807, 2.05) is 30.3 Å². The van der Waals surface area contributed by atoms with Gasteiger partial charge in [0.15, 0.2) is 0 Å². The average molecular weight is 343 g/mol. The summed E-state index contributed by atoms with van der Waals surface area (Å²) in [7, 11) is 0. The summed E-state index contributed by atoms with van der Waals surface area (Å²) >= 11 is 0. The number of nitrogens with zero attached hydrogens (tertiary/aromatic N) is 5. The average Bonchev–Trinajstić information content (AvgIpc) is 3.31. The van der Waals surface area contributed by atoms with E-state index in [0.717, 1.165) is 16.8 Å². The molecule has 25 heavy (non-hydrogen) atoms. The van der Waals surface area contributed by atoms with Crippen molar-refractivity contribution in [1.29, 1.82) is 0 Å². The molecule has 8 heteroatoms. The van der Waals surface area contributed by atoms with Crippen molar-refractivity contribution in [2.75, 3.05) is 0 Å². The summed E-state index contributed by atoms with van der Waals surface area (Å²) in [6, 6.07) is 15.7. The van der Waals surface area contributed by atoms with Crippen LogP contribution in [0.1, 0.15) is 11.1 Å². The topological polar surface area (TPSA) is 55.4 Å². The minimum absolute atomic E-state index is 0.0207. The molecule has 0 unspecified atom stereocenters. The molecule has 0 amide bonds. The van der Waals surface area contributed by atoms with E-state index >= 15 is 0 Å². The number of alkyl halides is 3. The summed E-state index contributed by atoms with van der Waals surface area (Å²) < 4.78 is 40.6. The lowest BCUT2D eigenvalue weighted by atomic mass is 10.0. The van der Waals surface area contributed by atoms with Crippen LogP contribution in [0.3, 0.4) is 0 Å². The van der Waals surface area contributed by atoms with Crippen LogP contribution in [-0.4, -0.2) is 21.2 Å². The molecule has 0 spiro atoms. The number of rotatable bonds is 4. The first-order valence-corrected chi connectivity index (χ1v) is 7.54. The lowest BCUT2D eigenvalue weighted by Crippen LogP contribution is -2.30. The zero-order valence-corrected chi connectivity index (χ0v) is 12.9. The van der Waals surface area contributed by atoms with Crippen LogP contribution >= 0.6 is 0 Å². The Hall–Kier alpha value is -3.03. The Labute approximate surface area is 140 Å². The van der Waals surface area contributed by atoms with Crippen molar-refractivity contribution in [3.8, 4) is 11.3 Å². The van der Waals surface area contributed by atoms with E-state index < -0.39 is 11.8 Å². The van der Waals surface area contributed by atoms with Gasteiger partial charge in [0, 0.05) is 11.1 Å². The Morgan fingerprint density at radius 3 is 2.20 bits per heavy atom. The van der Waals surface area contributed by atoms with E-state index in [-0.39, 0.29) is 5.56 Å². The van der Waals surface area contributed by atoms with E-state index in [2.05, 4.69) is 20.5 Å². The van der Waals surface area contributed by atoms with Gasteiger partial charge in [0.25, 0.3) is 0 Å². The fourth-order valence-corrected chi connectivity index (χ4v) is 2.59. The molecule has 0 aliphatic carbocycles. The van der Waals surface area contributed by atoms with Crippen molar-refractivity contribution in [3.05, 3.63) is 71.9 Å². The van der Waals surface area contributed by atoms with E-state index in [1.54, 1.807) is 23.0 Å². The largest absolute Gasteiger partial charge is 0.442 e. The van der Waals surface area contributed by atoms with Crippen LogP contribution in [0.25, 0.3) is 11.3 Å². The molecule has 1 aliphatic rings. The van der Waals surface area contributed by atoms with Gasteiger partial charge in [-0.1, -0.05) is 59.8 Å². The predicted octanol–water partition coefficient (Wildman–Crippen LogP) is 4.17.